The van der Waals surface area contributed by atoms with Gasteiger partial charge in [-0.2, -0.15) is 0 Å². The standard InChI is InChI=1S/C17H21N5O2/c18-15(23)11-6-19-16-14(20-7-21-16)13(11)22-12-9-1-8-2-10(12)5-17(24,3-8)4-9/h6-10,12,24H,1-5H2,(H2,18,23)(H2,19,20,21,22)/t8?,9-,10+,12?,17?. The summed E-state index contributed by atoms with van der Waals surface area (Å²) in [5, 5.41) is 14.3. The molecule has 4 bridgehead atoms. The second-order valence-corrected chi connectivity index (χ2v) is 7.88. The van der Waals surface area contributed by atoms with Crippen molar-refractivity contribution in [3.63, 3.8) is 0 Å². The Morgan fingerprint density at radius 2 is 2.04 bits per heavy atom. The number of fused-ring (bicyclic) bond motifs is 1. The van der Waals surface area contributed by atoms with Gasteiger partial charge in [0.1, 0.15) is 5.52 Å². The number of hydrogen-bond donors (Lipinski definition) is 4. The Labute approximate surface area is 139 Å². The number of primary amides is 1. The van der Waals surface area contributed by atoms with Gasteiger partial charge >= 0.3 is 0 Å². The van der Waals surface area contributed by atoms with E-state index in [0.717, 1.165) is 37.6 Å². The van der Waals surface area contributed by atoms with Gasteiger partial charge in [0.05, 0.1) is 23.2 Å². The lowest BCUT2D eigenvalue weighted by Gasteiger charge is -2.58. The molecule has 3 unspecified atom stereocenters. The van der Waals surface area contributed by atoms with E-state index < -0.39 is 11.5 Å². The van der Waals surface area contributed by atoms with Gasteiger partial charge in [-0.3, -0.25) is 4.79 Å². The molecule has 6 rings (SSSR count). The van der Waals surface area contributed by atoms with E-state index in [-0.39, 0.29) is 6.04 Å². The van der Waals surface area contributed by atoms with Gasteiger partial charge in [-0.25, -0.2) is 9.97 Å². The van der Waals surface area contributed by atoms with Crippen LogP contribution < -0.4 is 11.1 Å². The monoisotopic (exact) mass is 327 g/mol. The molecule has 2 aromatic rings. The predicted octanol–water partition coefficient (Wildman–Crippen LogP) is 1.41. The number of nitrogens with one attached hydrogen (secondary N) is 2. The van der Waals surface area contributed by atoms with E-state index in [1.807, 2.05) is 0 Å². The van der Waals surface area contributed by atoms with Crippen LogP contribution in [0.15, 0.2) is 12.5 Å². The van der Waals surface area contributed by atoms with Gasteiger partial charge in [-0.1, -0.05) is 0 Å². The molecular formula is C17H21N5O2. The highest BCUT2D eigenvalue weighted by molar-refractivity contribution is 6.04. The maximum Gasteiger partial charge on any atom is 0.252 e. The van der Waals surface area contributed by atoms with Gasteiger partial charge in [0.2, 0.25) is 0 Å². The topological polar surface area (TPSA) is 117 Å². The number of amides is 1. The summed E-state index contributed by atoms with van der Waals surface area (Å²) in [5.41, 5.74) is 7.47. The van der Waals surface area contributed by atoms with Crippen molar-refractivity contribution in [2.75, 3.05) is 5.32 Å². The van der Waals surface area contributed by atoms with Crippen molar-refractivity contribution in [2.45, 2.75) is 43.7 Å². The first-order valence-electron chi connectivity index (χ1n) is 8.63. The van der Waals surface area contributed by atoms with Crippen LogP contribution >= 0.6 is 0 Å². The number of nitrogens with two attached hydrogens (primary N) is 1. The third kappa shape index (κ3) is 1.97. The number of hydrogen-bond acceptors (Lipinski definition) is 5. The highest BCUT2D eigenvalue weighted by Gasteiger charge is 2.54. The Kier molecular flexibility index (Phi) is 2.78. The molecule has 0 aromatic carbocycles. The van der Waals surface area contributed by atoms with E-state index >= 15 is 0 Å². The van der Waals surface area contributed by atoms with Crippen LogP contribution in [-0.4, -0.2) is 37.6 Å². The minimum absolute atomic E-state index is 0.258. The zero-order valence-electron chi connectivity index (χ0n) is 13.3. The normalized spacial score (nSPS) is 37.0. The van der Waals surface area contributed by atoms with Crippen LogP contribution in [0.2, 0.25) is 0 Å². The van der Waals surface area contributed by atoms with Crippen LogP contribution in [0.5, 0.6) is 0 Å². The SMILES string of the molecule is NC(=O)c1cnc2nc[nH]c2c1NC1[C@@H]2CC3C[C@H]1CC(O)(C3)C2. The number of aromatic amines is 1. The molecule has 0 spiro atoms. The lowest BCUT2D eigenvalue weighted by molar-refractivity contribution is -0.129. The summed E-state index contributed by atoms with van der Waals surface area (Å²) in [6.07, 6.45) is 8.03. The van der Waals surface area contributed by atoms with Gasteiger partial charge in [-0.05, 0) is 49.9 Å². The number of aliphatic hydroxyl groups is 1. The van der Waals surface area contributed by atoms with Gasteiger partial charge in [0, 0.05) is 12.2 Å². The van der Waals surface area contributed by atoms with E-state index in [1.165, 1.54) is 6.20 Å². The van der Waals surface area contributed by atoms with E-state index in [2.05, 4.69) is 20.3 Å². The van der Waals surface area contributed by atoms with Crippen LogP contribution in [-0.2, 0) is 0 Å². The average molecular weight is 327 g/mol. The molecule has 2 heterocycles. The van der Waals surface area contributed by atoms with Crippen molar-refractivity contribution in [1.29, 1.82) is 0 Å². The fraction of sp³-hybridized carbons (Fsp3) is 0.588. The lowest BCUT2D eigenvalue weighted by Crippen LogP contribution is -2.59. The van der Waals surface area contributed by atoms with Crippen LogP contribution in [0, 0.1) is 17.8 Å². The molecule has 4 aliphatic carbocycles. The summed E-state index contributed by atoms with van der Waals surface area (Å²) in [7, 11) is 0. The van der Waals surface area contributed by atoms with Gasteiger partial charge in [0.15, 0.2) is 5.65 Å². The van der Waals surface area contributed by atoms with Crippen molar-refractivity contribution >= 4 is 22.8 Å². The van der Waals surface area contributed by atoms with Crippen LogP contribution in [0.4, 0.5) is 5.69 Å². The maximum atomic E-state index is 11.9. The zero-order chi connectivity index (χ0) is 16.5. The molecule has 0 aliphatic heterocycles. The third-order valence-electron chi connectivity index (χ3n) is 6.27. The maximum absolute atomic E-state index is 11.9. The average Bonchev–Trinajstić information content (AvgIpc) is 2.97. The molecule has 2 aromatic heterocycles. The zero-order valence-corrected chi connectivity index (χ0v) is 13.3. The smallest absolute Gasteiger partial charge is 0.252 e. The number of anilines is 1. The Balaban J connectivity index is 1.54. The molecule has 126 valence electrons. The molecule has 0 saturated heterocycles. The van der Waals surface area contributed by atoms with E-state index in [4.69, 9.17) is 5.73 Å². The summed E-state index contributed by atoms with van der Waals surface area (Å²) in [4.78, 5) is 23.3. The number of nitrogens with zero attached hydrogens (tertiary/aromatic N) is 2. The quantitative estimate of drug-likeness (QED) is 0.680. The molecule has 5 atom stereocenters. The Bertz CT molecular complexity index is 815. The highest BCUT2D eigenvalue weighted by atomic mass is 16.3. The molecule has 4 fully saturated rings. The second kappa shape index (κ2) is 4.69. The predicted molar refractivity (Wildman–Crippen MR) is 88.3 cm³/mol. The summed E-state index contributed by atoms with van der Waals surface area (Å²) < 4.78 is 0. The lowest BCUT2D eigenvalue weighted by atomic mass is 9.52. The molecule has 4 saturated carbocycles. The summed E-state index contributed by atoms with van der Waals surface area (Å²) >= 11 is 0. The molecule has 7 nitrogen and oxygen atoms in total. The molecule has 24 heavy (non-hydrogen) atoms. The first-order chi connectivity index (χ1) is 11.5. The Morgan fingerprint density at radius 3 is 2.71 bits per heavy atom. The summed E-state index contributed by atoms with van der Waals surface area (Å²) in [6.45, 7) is 0. The van der Waals surface area contributed by atoms with Crippen molar-refractivity contribution in [3.05, 3.63) is 18.1 Å². The fourth-order valence-electron chi connectivity index (χ4n) is 5.61. The Morgan fingerprint density at radius 1 is 1.29 bits per heavy atom. The number of carbonyl (C=O) groups excluding carboxylic acids is 1. The molecular weight excluding hydrogens is 306 g/mol. The van der Waals surface area contributed by atoms with Gasteiger partial charge in [-0.15, -0.1) is 0 Å². The first-order valence-corrected chi connectivity index (χ1v) is 8.63. The number of imidazole rings is 1. The second-order valence-electron chi connectivity index (χ2n) is 7.88. The molecule has 5 N–H and O–H groups in total. The van der Waals surface area contributed by atoms with Crippen LogP contribution in [0.25, 0.3) is 11.2 Å². The minimum Gasteiger partial charge on any atom is -0.390 e. The van der Waals surface area contributed by atoms with Gasteiger partial charge < -0.3 is 21.1 Å². The molecule has 4 aliphatic rings. The Hall–Kier alpha value is -2.15. The number of aromatic nitrogens is 3. The molecule has 1 amide bonds. The van der Waals surface area contributed by atoms with Gasteiger partial charge in [0.25, 0.3) is 5.91 Å². The summed E-state index contributed by atoms with van der Waals surface area (Å²) in [5.74, 6) is 1.02. The van der Waals surface area contributed by atoms with E-state index in [9.17, 15) is 9.90 Å². The largest absolute Gasteiger partial charge is 0.390 e. The number of carbonyl (C=O) groups is 1. The highest BCUT2D eigenvalue weighted by Crippen LogP contribution is 2.56. The van der Waals surface area contributed by atoms with E-state index in [1.54, 1.807) is 6.33 Å². The van der Waals surface area contributed by atoms with E-state index in [0.29, 0.717) is 34.7 Å². The van der Waals surface area contributed by atoms with Crippen molar-refractivity contribution in [1.82, 2.24) is 15.0 Å². The van der Waals surface area contributed by atoms with Crippen LogP contribution in [0.1, 0.15) is 42.5 Å². The fourth-order valence-corrected chi connectivity index (χ4v) is 5.61. The van der Waals surface area contributed by atoms with Crippen LogP contribution in [0.3, 0.4) is 0 Å². The summed E-state index contributed by atoms with van der Waals surface area (Å²) in [6, 6.07) is 0.258. The first kappa shape index (κ1) is 14.2. The number of pyridine rings is 1. The third-order valence-corrected chi connectivity index (χ3v) is 6.27. The van der Waals surface area contributed by atoms with Crippen molar-refractivity contribution < 1.29 is 9.90 Å². The molecule has 7 heteroatoms. The minimum atomic E-state index is -0.496. The number of rotatable bonds is 3. The molecule has 0 radical (unpaired) electrons. The number of H-pyrrole nitrogens is 1. The van der Waals surface area contributed by atoms with Crippen molar-refractivity contribution in [3.8, 4) is 0 Å². The van der Waals surface area contributed by atoms with Crippen molar-refractivity contribution in [2.24, 2.45) is 23.5 Å².